The van der Waals surface area contributed by atoms with Crippen molar-refractivity contribution in [2.45, 2.75) is 13.3 Å². The van der Waals surface area contributed by atoms with E-state index in [9.17, 15) is 13.2 Å². The van der Waals surface area contributed by atoms with Crippen molar-refractivity contribution >= 4 is 0 Å². The van der Waals surface area contributed by atoms with Gasteiger partial charge < -0.3 is 5.11 Å². The van der Waals surface area contributed by atoms with Gasteiger partial charge in [0, 0.05) is 12.7 Å². The van der Waals surface area contributed by atoms with Gasteiger partial charge in [-0.25, -0.2) is 13.2 Å². The molecule has 0 bridgehead atoms. The summed E-state index contributed by atoms with van der Waals surface area (Å²) in [4.78, 5) is 0. The fourth-order valence-corrected chi connectivity index (χ4v) is 1.16. The highest BCUT2D eigenvalue weighted by Gasteiger charge is 2.11. The van der Waals surface area contributed by atoms with E-state index in [-0.39, 0.29) is 24.5 Å². The molecule has 0 spiro atoms. The van der Waals surface area contributed by atoms with Gasteiger partial charge in [0.05, 0.1) is 0 Å². The Bertz CT molecular complexity index is 325. The Kier molecular flexibility index (Phi) is 3.52. The lowest BCUT2D eigenvalue weighted by atomic mass is 10.0. The van der Waals surface area contributed by atoms with Crippen LogP contribution in [-0.4, -0.2) is 11.7 Å². The second-order valence-corrected chi connectivity index (χ2v) is 3.35. The van der Waals surface area contributed by atoms with Gasteiger partial charge in [-0.3, -0.25) is 0 Å². The molecule has 0 aliphatic rings. The zero-order chi connectivity index (χ0) is 10.7. The van der Waals surface area contributed by atoms with Crippen LogP contribution in [0.15, 0.2) is 12.1 Å². The molecule has 1 aromatic carbocycles. The Labute approximate surface area is 80.2 Å². The predicted octanol–water partition coefficient (Wildman–Crippen LogP) is 2.27. The molecular formula is C10H11F3O. The number of benzene rings is 1. The first-order valence-corrected chi connectivity index (χ1v) is 4.29. The fraction of sp³-hybridized carbons (Fsp3) is 0.400. The lowest BCUT2D eigenvalue weighted by molar-refractivity contribution is 0.236. The third kappa shape index (κ3) is 2.48. The highest BCUT2D eigenvalue weighted by Crippen LogP contribution is 2.16. The molecule has 78 valence electrons. The largest absolute Gasteiger partial charge is 0.396 e. The number of hydrogen-bond donors (Lipinski definition) is 1. The Morgan fingerprint density at radius 2 is 1.71 bits per heavy atom. The molecule has 0 heterocycles. The normalized spacial score (nSPS) is 12.9. The second-order valence-electron chi connectivity index (χ2n) is 3.35. The molecule has 0 aliphatic heterocycles. The van der Waals surface area contributed by atoms with Crippen LogP contribution in [-0.2, 0) is 6.42 Å². The van der Waals surface area contributed by atoms with Gasteiger partial charge in [0.25, 0.3) is 0 Å². The van der Waals surface area contributed by atoms with Gasteiger partial charge in [0.2, 0.25) is 0 Å². The Balaban J connectivity index is 2.92. The number of halogens is 3. The van der Waals surface area contributed by atoms with E-state index in [1.54, 1.807) is 6.92 Å². The highest BCUT2D eigenvalue weighted by molar-refractivity contribution is 5.20. The molecule has 1 nitrogen and oxygen atoms in total. The van der Waals surface area contributed by atoms with Crippen molar-refractivity contribution < 1.29 is 18.3 Å². The lowest BCUT2D eigenvalue weighted by Gasteiger charge is -2.08. The minimum atomic E-state index is -1.19. The van der Waals surface area contributed by atoms with Gasteiger partial charge >= 0.3 is 0 Å². The predicted molar refractivity (Wildman–Crippen MR) is 46.3 cm³/mol. The average Bonchev–Trinajstić information content (AvgIpc) is 2.14. The van der Waals surface area contributed by atoms with Crippen LogP contribution < -0.4 is 0 Å². The first kappa shape index (κ1) is 11.0. The summed E-state index contributed by atoms with van der Waals surface area (Å²) in [6.45, 7) is 1.58. The molecule has 1 atom stereocenters. The average molecular weight is 204 g/mol. The molecule has 0 amide bonds. The van der Waals surface area contributed by atoms with Gasteiger partial charge in [-0.1, -0.05) is 6.92 Å². The highest BCUT2D eigenvalue weighted by atomic mass is 19.2. The van der Waals surface area contributed by atoms with Crippen LogP contribution in [0.25, 0.3) is 0 Å². The summed E-state index contributed by atoms with van der Waals surface area (Å²) in [6, 6.07) is 1.35. The quantitative estimate of drug-likeness (QED) is 0.749. The first-order chi connectivity index (χ1) is 6.54. The number of aliphatic hydroxyl groups is 1. The summed E-state index contributed by atoms with van der Waals surface area (Å²) in [5.74, 6) is -3.20. The Morgan fingerprint density at radius 1 is 1.14 bits per heavy atom. The van der Waals surface area contributed by atoms with Gasteiger partial charge in [-0.05, 0) is 24.0 Å². The summed E-state index contributed by atoms with van der Waals surface area (Å²) >= 11 is 0. The second kappa shape index (κ2) is 4.46. The van der Waals surface area contributed by atoms with Crippen molar-refractivity contribution in [2.24, 2.45) is 5.92 Å². The zero-order valence-corrected chi connectivity index (χ0v) is 7.73. The number of hydrogen-bond acceptors (Lipinski definition) is 1. The molecule has 0 aromatic heterocycles. The standard InChI is InChI=1S/C10H11F3O/c1-6(5-14)2-7-3-9(12)10(13)4-8(7)11/h3-4,6,14H,2,5H2,1H3. The smallest absolute Gasteiger partial charge is 0.161 e. The van der Waals surface area contributed by atoms with Gasteiger partial charge in [0.15, 0.2) is 11.6 Å². The molecule has 4 heteroatoms. The zero-order valence-electron chi connectivity index (χ0n) is 7.73. The summed E-state index contributed by atoms with van der Waals surface area (Å²) in [5, 5.41) is 8.72. The molecule has 1 N–H and O–H groups in total. The summed E-state index contributed by atoms with van der Waals surface area (Å²) in [5.41, 5.74) is 0.0884. The van der Waals surface area contributed by atoms with Gasteiger partial charge in [-0.15, -0.1) is 0 Å². The molecular weight excluding hydrogens is 193 g/mol. The monoisotopic (exact) mass is 204 g/mol. The van der Waals surface area contributed by atoms with Crippen LogP contribution in [0, 0.1) is 23.4 Å². The number of aliphatic hydroxyl groups excluding tert-OH is 1. The van der Waals surface area contributed by atoms with Crippen molar-refractivity contribution in [2.75, 3.05) is 6.61 Å². The minimum absolute atomic E-state index is 0.0884. The van der Waals surface area contributed by atoms with Crippen LogP contribution >= 0.6 is 0 Å². The summed E-state index contributed by atoms with van der Waals surface area (Å²) in [7, 11) is 0. The van der Waals surface area contributed by atoms with E-state index < -0.39 is 17.5 Å². The van der Waals surface area contributed by atoms with Crippen LogP contribution in [0.4, 0.5) is 13.2 Å². The first-order valence-electron chi connectivity index (χ1n) is 4.29. The third-order valence-corrected chi connectivity index (χ3v) is 1.97. The van der Waals surface area contributed by atoms with Crippen LogP contribution in [0.1, 0.15) is 12.5 Å². The Morgan fingerprint density at radius 3 is 2.29 bits per heavy atom. The topological polar surface area (TPSA) is 20.2 Å². The van der Waals surface area contributed by atoms with E-state index in [1.807, 2.05) is 0 Å². The van der Waals surface area contributed by atoms with Crippen molar-refractivity contribution in [3.8, 4) is 0 Å². The number of rotatable bonds is 3. The van der Waals surface area contributed by atoms with E-state index in [4.69, 9.17) is 5.11 Å². The van der Waals surface area contributed by atoms with E-state index in [0.29, 0.717) is 6.07 Å². The molecule has 0 radical (unpaired) electrons. The minimum Gasteiger partial charge on any atom is -0.396 e. The maximum atomic E-state index is 13.0. The molecule has 0 fully saturated rings. The van der Waals surface area contributed by atoms with E-state index in [2.05, 4.69) is 0 Å². The Hall–Kier alpha value is -1.03. The van der Waals surface area contributed by atoms with Gasteiger partial charge in [-0.2, -0.15) is 0 Å². The maximum absolute atomic E-state index is 13.0. The van der Waals surface area contributed by atoms with Crippen molar-refractivity contribution in [3.05, 3.63) is 35.1 Å². The lowest BCUT2D eigenvalue weighted by Crippen LogP contribution is -2.07. The van der Waals surface area contributed by atoms with E-state index >= 15 is 0 Å². The molecule has 0 aliphatic carbocycles. The molecule has 1 aromatic rings. The molecule has 0 saturated heterocycles. The molecule has 1 unspecified atom stereocenters. The molecule has 1 rings (SSSR count). The van der Waals surface area contributed by atoms with Crippen molar-refractivity contribution in [3.63, 3.8) is 0 Å². The molecule has 0 saturated carbocycles. The van der Waals surface area contributed by atoms with E-state index in [1.165, 1.54) is 0 Å². The van der Waals surface area contributed by atoms with Crippen molar-refractivity contribution in [1.29, 1.82) is 0 Å². The maximum Gasteiger partial charge on any atom is 0.161 e. The fourth-order valence-electron chi connectivity index (χ4n) is 1.16. The molecule has 14 heavy (non-hydrogen) atoms. The van der Waals surface area contributed by atoms with Crippen LogP contribution in [0.2, 0.25) is 0 Å². The van der Waals surface area contributed by atoms with E-state index in [0.717, 1.165) is 6.07 Å². The third-order valence-electron chi connectivity index (χ3n) is 1.97. The van der Waals surface area contributed by atoms with Crippen molar-refractivity contribution in [1.82, 2.24) is 0 Å². The summed E-state index contributed by atoms with van der Waals surface area (Å²) < 4.78 is 38.3. The van der Waals surface area contributed by atoms with Gasteiger partial charge in [0.1, 0.15) is 5.82 Å². The SMILES string of the molecule is CC(CO)Cc1cc(F)c(F)cc1F. The van der Waals surface area contributed by atoms with Crippen LogP contribution in [0.3, 0.4) is 0 Å². The summed E-state index contributed by atoms with van der Waals surface area (Å²) in [6.07, 6.45) is 0.194. The van der Waals surface area contributed by atoms with Crippen LogP contribution in [0.5, 0.6) is 0 Å².